The molecule has 0 saturated heterocycles. The topological polar surface area (TPSA) is 90.3 Å². The molecule has 114 valence electrons. The van der Waals surface area contributed by atoms with E-state index in [1.165, 1.54) is 6.21 Å². The number of hydrogen-bond donors (Lipinski definition) is 4. The van der Waals surface area contributed by atoms with Crippen molar-refractivity contribution in [2.45, 2.75) is 68.5 Å². The standard InChI is InChI=1S/C16H25BN2O2/c1-9-4-6-13(17,8-18)16-12(3,21)11(2,20)15(9,16)10-5-7-14(10,16)19/h8-10,18,20-21H,4-7,19H2,1-3H3. The Bertz CT molecular complexity index is 564. The van der Waals surface area contributed by atoms with Gasteiger partial charge in [-0.15, -0.1) is 0 Å². The van der Waals surface area contributed by atoms with Gasteiger partial charge in [-0.2, -0.15) is 0 Å². The normalized spacial score (nSPS) is 71.1. The second-order valence-electron chi connectivity index (χ2n) is 8.52. The van der Waals surface area contributed by atoms with E-state index in [-0.39, 0.29) is 11.8 Å². The number of rotatable bonds is 1. The molecule has 4 saturated carbocycles. The predicted octanol–water partition coefficient (Wildman–Crippen LogP) is 1.00. The maximum absolute atomic E-state index is 11.3. The molecule has 0 bridgehead atoms. The van der Waals surface area contributed by atoms with Gasteiger partial charge in [0.1, 0.15) is 0 Å². The third kappa shape index (κ3) is 0.811. The highest BCUT2D eigenvalue weighted by Gasteiger charge is 3.03. The Morgan fingerprint density at radius 1 is 1.19 bits per heavy atom. The lowest BCUT2D eigenvalue weighted by atomic mass is 9.04. The van der Waals surface area contributed by atoms with Crippen LogP contribution < -0.4 is 5.73 Å². The maximum Gasteiger partial charge on any atom is 0.0990 e. The SMILES string of the molecule is [B]C1(C=N)CCC(C)C23C4CCC4(N)C12C(C)(O)C3(C)O. The summed E-state index contributed by atoms with van der Waals surface area (Å²) in [6, 6.07) is 0. The zero-order valence-corrected chi connectivity index (χ0v) is 13.1. The van der Waals surface area contributed by atoms with Crippen LogP contribution in [0.1, 0.15) is 46.5 Å². The number of nitrogens with two attached hydrogens (primary N) is 1. The van der Waals surface area contributed by atoms with Crippen molar-refractivity contribution in [2.75, 3.05) is 0 Å². The molecule has 0 aromatic carbocycles. The lowest BCUT2D eigenvalue weighted by molar-refractivity contribution is -0.532. The van der Waals surface area contributed by atoms with E-state index in [0.717, 1.165) is 19.3 Å². The van der Waals surface area contributed by atoms with Crippen molar-refractivity contribution in [1.29, 1.82) is 5.41 Å². The Labute approximate surface area is 127 Å². The second kappa shape index (κ2) is 3.13. The van der Waals surface area contributed by atoms with Crippen LogP contribution in [0.2, 0.25) is 5.31 Å². The fourth-order valence-electron chi connectivity index (χ4n) is 8.03. The molecule has 0 spiro atoms. The Kier molecular flexibility index (Phi) is 2.12. The summed E-state index contributed by atoms with van der Waals surface area (Å²) in [7, 11) is 6.65. The molecule has 0 aromatic rings. The van der Waals surface area contributed by atoms with Gasteiger partial charge in [0, 0.05) is 16.4 Å². The summed E-state index contributed by atoms with van der Waals surface area (Å²) in [6.45, 7) is 5.58. The van der Waals surface area contributed by atoms with Crippen LogP contribution in [0.15, 0.2) is 0 Å². The van der Waals surface area contributed by atoms with Gasteiger partial charge in [0.25, 0.3) is 0 Å². The van der Waals surface area contributed by atoms with Crippen LogP contribution in [-0.2, 0) is 0 Å². The minimum absolute atomic E-state index is 0.207. The van der Waals surface area contributed by atoms with Crippen molar-refractivity contribution in [2.24, 2.45) is 28.4 Å². The number of nitrogens with one attached hydrogen (secondary N) is 1. The number of aliphatic hydroxyl groups is 2. The summed E-state index contributed by atoms with van der Waals surface area (Å²) in [5.41, 5.74) is 2.37. The molecule has 5 heteroatoms. The van der Waals surface area contributed by atoms with E-state index in [0.29, 0.717) is 6.42 Å². The summed E-state index contributed by atoms with van der Waals surface area (Å²) in [5.74, 6) is 0.463. The summed E-state index contributed by atoms with van der Waals surface area (Å²) < 4.78 is 0. The molecular weight excluding hydrogens is 263 g/mol. The second-order valence-corrected chi connectivity index (χ2v) is 8.52. The van der Waals surface area contributed by atoms with Gasteiger partial charge in [0.15, 0.2) is 0 Å². The molecule has 21 heavy (non-hydrogen) atoms. The molecule has 0 amide bonds. The van der Waals surface area contributed by atoms with Crippen LogP contribution in [0.3, 0.4) is 0 Å². The van der Waals surface area contributed by atoms with Crippen LogP contribution in [0, 0.1) is 28.1 Å². The average Bonchev–Trinajstić information content (AvgIpc) is 2.40. The molecule has 4 nitrogen and oxygen atoms in total. The first kappa shape index (κ1) is 14.2. The largest absolute Gasteiger partial charge is 0.387 e. The van der Waals surface area contributed by atoms with E-state index in [4.69, 9.17) is 19.0 Å². The first-order chi connectivity index (χ1) is 9.53. The molecule has 2 radical (unpaired) electrons. The predicted molar refractivity (Wildman–Crippen MR) is 81.4 cm³/mol. The van der Waals surface area contributed by atoms with E-state index >= 15 is 0 Å². The first-order valence-electron chi connectivity index (χ1n) is 8.07. The van der Waals surface area contributed by atoms with Crippen molar-refractivity contribution < 1.29 is 10.2 Å². The summed E-state index contributed by atoms with van der Waals surface area (Å²) in [6.07, 6.45) is 4.62. The summed E-state index contributed by atoms with van der Waals surface area (Å²) in [4.78, 5) is 0. The zero-order chi connectivity index (χ0) is 15.7. The molecule has 8 unspecified atom stereocenters. The van der Waals surface area contributed by atoms with Gasteiger partial charge in [0.2, 0.25) is 0 Å². The van der Waals surface area contributed by atoms with Gasteiger partial charge < -0.3 is 21.4 Å². The van der Waals surface area contributed by atoms with Crippen LogP contribution >= 0.6 is 0 Å². The van der Waals surface area contributed by atoms with Crippen molar-refractivity contribution >= 4 is 14.1 Å². The van der Waals surface area contributed by atoms with E-state index in [1.54, 1.807) is 13.8 Å². The zero-order valence-electron chi connectivity index (χ0n) is 13.1. The summed E-state index contributed by atoms with van der Waals surface area (Å²) in [5, 5.41) is 29.5. The molecule has 4 fully saturated rings. The molecule has 5 N–H and O–H groups in total. The van der Waals surface area contributed by atoms with Gasteiger partial charge in [-0.3, -0.25) is 0 Å². The van der Waals surface area contributed by atoms with Crippen LogP contribution in [0.4, 0.5) is 0 Å². The lowest BCUT2D eigenvalue weighted by Crippen LogP contribution is -3.08. The highest BCUT2D eigenvalue weighted by Crippen LogP contribution is 2.97. The molecular formula is C16H25BN2O2. The van der Waals surface area contributed by atoms with E-state index in [1.807, 2.05) is 0 Å². The van der Waals surface area contributed by atoms with Gasteiger partial charge in [-0.1, -0.05) is 6.92 Å². The molecule has 0 aliphatic heterocycles. The molecule has 4 rings (SSSR count). The number of fused-ring (bicyclic) bond motifs is 1. The van der Waals surface area contributed by atoms with Gasteiger partial charge in [0.05, 0.1) is 19.0 Å². The highest BCUT2D eigenvalue weighted by molar-refractivity contribution is 6.26. The smallest absolute Gasteiger partial charge is 0.0990 e. The van der Waals surface area contributed by atoms with Crippen LogP contribution in [0.5, 0.6) is 0 Å². The number of hydrogen-bond acceptors (Lipinski definition) is 4. The molecule has 8 atom stereocenters. The van der Waals surface area contributed by atoms with Gasteiger partial charge in [-0.25, -0.2) is 0 Å². The first-order valence-corrected chi connectivity index (χ1v) is 8.07. The summed E-state index contributed by atoms with van der Waals surface area (Å²) >= 11 is 0. The van der Waals surface area contributed by atoms with Crippen molar-refractivity contribution in [3.63, 3.8) is 0 Å². The minimum atomic E-state index is -1.37. The Balaban J connectivity index is 2.05. The highest BCUT2D eigenvalue weighted by atomic mass is 16.4. The van der Waals surface area contributed by atoms with Crippen molar-refractivity contribution in [3.8, 4) is 0 Å². The van der Waals surface area contributed by atoms with Crippen molar-refractivity contribution in [1.82, 2.24) is 0 Å². The van der Waals surface area contributed by atoms with Gasteiger partial charge in [-0.05, 0) is 62.9 Å². The minimum Gasteiger partial charge on any atom is -0.387 e. The molecule has 4 aliphatic rings. The van der Waals surface area contributed by atoms with Crippen LogP contribution in [-0.4, -0.2) is 41.0 Å². The fraction of sp³-hybridized carbons (Fsp3) is 0.938. The monoisotopic (exact) mass is 288 g/mol. The van der Waals surface area contributed by atoms with E-state index in [9.17, 15) is 10.2 Å². The third-order valence-electron chi connectivity index (χ3n) is 8.54. The average molecular weight is 288 g/mol. The molecule has 0 heterocycles. The Morgan fingerprint density at radius 3 is 2.29 bits per heavy atom. The molecule has 4 aliphatic carbocycles. The molecule has 0 aromatic heterocycles. The Morgan fingerprint density at radius 2 is 1.81 bits per heavy atom. The quantitative estimate of drug-likeness (QED) is 0.428. The van der Waals surface area contributed by atoms with E-state index in [2.05, 4.69) is 6.92 Å². The maximum atomic E-state index is 11.3. The Hall–Kier alpha value is -0.385. The van der Waals surface area contributed by atoms with E-state index < -0.39 is 32.9 Å². The van der Waals surface area contributed by atoms with Crippen LogP contribution in [0.25, 0.3) is 0 Å². The fourth-order valence-corrected chi connectivity index (χ4v) is 8.03. The van der Waals surface area contributed by atoms with Crippen molar-refractivity contribution in [3.05, 3.63) is 0 Å². The lowest BCUT2D eigenvalue weighted by Gasteiger charge is -2.99. The third-order valence-corrected chi connectivity index (χ3v) is 8.54. The van der Waals surface area contributed by atoms with Gasteiger partial charge >= 0.3 is 0 Å².